The third kappa shape index (κ3) is 3.01. The molecule has 4 rings (SSSR count). The summed E-state index contributed by atoms with van der Waals surface area (Å²) in [6.07, 6.45) is -0.164. The third-order valence-electron chi connectivity index (χ3n) is 4.91. The summed E-state index contributed by atoms with van der Waals surface area (Å²) in [6.45, 7) is 2.13. The van der Waals surface area contributed by atoms with Crippen molar-refractivity contribution in [2.24, 2.45) is 0 Å². The molecule has 1 aliphatic heterocycles. The molecule has 1 atom stereocenters. The lowest BCUT2D eigenvalue weighted by Crippen LogP contribution is -2.39. The molecule has 3 aromatic rings. The maximum absolute atomic E-state index is 12.8. The average Bonchev–Trinajstić information content (AvgIpc) is 3.11. The van der Waals surface area contributed by atoms with E-state index in [1.165, 1.54) is 6.07 Å². The van der Waals surface area contributed by atoms with Crippen molar-refractivity contribution in [3.8, 4) is 5.75 Å². The number of carbonyl (C=O) groups excluding carboxylic acids is 2. The predicted octanol–water partition coefficient (Wildman–Crippen LogP) is 3.68. The van der Waals surface area contributed by atoms with Crippen LogP contribution in [0.25, 0.3) is 10.8 Å². The summed E-state index contributed by atoms with van der Waals surface area (Å²) >= 11 is 0. The van der Waals surface area contributed by atoms with Crippen LogP contribution in [0.3, 0.4) is 0 Å². The molecule has 1 amide bonds. The number of anilines is 1. The number of phenols is 1. The van der Waals surface area contributed by atoms with Crippen molar-refractivity contribution < 1.29 is 19.4 Å². The number of aromatic hydroxyl groups is 1. The normalized spacial score (nSPS) is 14.0. The first kappa shape index (κ1) is 17.1. The van der Waals surface area contributed by atoms with Crippen LogP contribution in [-0.2, 0) is 16.0 Å². The smallest absolute Gasteiger partial charge is 0.342 e. The van der Waals surface area contributed by atoms with Crippen LogP contribution in [0.5, 0.6) is 5.75 Å². The molecule has 5 heteroatoms. The second-order valence-corrected chi connectivity index (χ2v) is 6.60. The Balaban J connectivity index is 1.53. The number of carbonyl (C=O) groups is 2. The summed E-state index contributed by atoms with van der Waals surface area (Å²) in [5, 5.41) is 11.8. The molecule has 136 valence electrons. The monoisotopic (exact) mass is 361 g/mol. The van der Waals surface area contributed by atoms with E-state index < -0.39 is 12.1 Å². The summed E-state index contributed by atoms with van der Waals surface area (Å²) in [6, 6.07) is 18.2. The SMILES string of the molecule is CC(OC(=O)c1ccc2ccccc2c1O)C(=O)N1CCc2ccccc21. The summed E-state index contributed by atoms with van der Waals surface area (Å²) in [5.74, 6) is -1.12. The van der Waals surface area contributed by atoms with Crippen molar-refractivity contribution in [3.05, 3.63) is 71.8 Å². The molecule has 0 aromatic heterocycles. The fourth-order valence-corrected chi connectivity index (χ4v) is 3.48. The number of phenolic OH excluding ortho intramolecular Hbond substituents is 1. The number of para-hydroxylation sites is 1. The average molecular weight is 361 g/mol. The topological polar surface area (TPSA) is 66.8 Å². The van der Waals surface area contributed by atoms with Crippen LogP contribution in [0.4, 0.5) is 5.69 Å². The number of esters is 1. The molecule has 0 radical (unpaired) electrons. The molecule has 1 aliphatic rings. The third-order valence-corrected chi connectivity index (χ3v) is 4.91. The van der Waals surface area contributed by atoms with Gasteiger partial charge in [0.15, 0.2) is 6.10 Å². The van der Waals surface area contributed by atoms with E-state index in [1.807, 2.05) is 36.4 Å². The molecule has 0 saturated heterocycles. The summed E-state index contributed by atoms with van der Waals surface area (Å²) < 4.78 is 5.37. The van der Waals surface area contributed by atoms with Gasteiger partial charge in [-0.1, -0.05) is 48.5 Å². The number of hydrogen-bond acceptors (Lipinski definition) is 4. The van der Waals surface area contributed by atoms with Gasteiger partial charge in [0.05, 0.1) is 0 Å². The predicted molar refractivity (Wildman–Crippen MR) is 103 cm³/mol. The van der Waals surface area contributed by atoms with Crippen molar-refractivity contribution in [1.82, 2.24) is 0 Å². The second kappa shape index (κ2) is 6.76. The number of rotatable bonds is 3. The van der Waals surface area contributed by atoms with Gasteiger partial charge in [0.1, 0.15) is 11.3 Å². The van der Waals surface area contributed by atoms with Crippen LogP contribution in [-0.4, -0.2) is 29.6 Å². The van der Waals surface area contributed by atoms with Crippen LogP contribution in [0.2, 0.25) is 0 Å². The first-order chi connectivity index (χ1) is 13.1. The molecule has 1 N–H and O–H groups in total. The highest BCUT2D eigenvalue weighted by molar-refractivity contribution is 6.03. The van der Waals surface area contributed by atoms with Gasteiger partial charge in [0, 0.05) is 17.6 Å². The first-order valence-electron chi connectivity index (χ1n) is 8.87. The number of nitrogens with zero attached hydrogens (tertiary/aromatic N) is 1. The summed E-state index contributed by atoms with van der Waals surface area (Å²) in [4.78, 5) is 26.9. The maximum Gasteiger partial charge on any atom is 0.342 e. The summed E-state index contributed by atoms with van der Waals surface area (Å²) in [5.41, 5.74) is 2.02. The molecule has 0 fully saturated rings. The number of ether oxygens (including phenoxy) is 1. The lowest BCUT2D eigenvalue weighted by Gasteiger charge is -2.22. The van der Waals surface area contributed by atoms with Crippen LogP contribution in [0.1, 0.15) is 22.8 Å². The number of amides is 1. The maximum atomic E-state index is 12.8. The Morgan fingerprint density at radius 2 is 1.78 bits per heavy atom. The molecule has 0 saturated carbocycles. The van der Waals surface area contributed by atoms with Crippen molar-refractivity contribution in [2.45, 2.75) is 19.4 Å². The second-order valence-electron chi connectivity index (χ2n) is 6.60. The Morgan fingerprint density at radius 1 is 1.04 bits per heavy atom. The molecular weight excluding hydrogens is 342 g/mol. The fraction of sp³-hybridized carbons (Fsp3) is 0.182. The van der Waals surface area contributed by atoms with E-state index in [1.54, 1.807) is 30.0 Å². The Kier molecular flexibility index (Phi) is 4.28. The van der Waals surface area contributed by atoms with E-state index in [0.29, 0.717) is 11.9 Å². The van der Waals surface area contributed by atoms with Gasteiger partial charge in [0.25, 0.3) is 5.91 Å². The molecule has 0 spiro atoms. The Morgan fingerprint density at radius 3 is 2.63 bits per heavy atom. The van der Waals surface area contributed by atoms with Crippen molar-refractivity contribution in [3.63, 3.8) is 0 Å². The minimum absolute atomic E-state index is 0.0511. The van der Waals surface area contributed by atoms with Crippen LogP contribution in [0.15, 0.2) is 60.7 Å². The lowest BCUT2D eigenvalue weighted by molar-refractivity contribution is -0.126. The van der Waals surface area contributed by atoms with Gasteiger partial charge in [-0.2, -0.15) is 0 Å². The molecule has 0 bridgehead atoms. The summed E-state index contributed by atoms with van der Waals surface area (Å²) in [7, 11) is 0. The highest BCUT2D eigenvalue weighted by atomic mass is 16.5. The minimum Gasteiger partial charge on any atom is -0.506 e. The highest BCUT2D eigenvalue weighted by Gasteiger charge is 2.30. The first-order valence-corrected chi connectivity index (χ1v) is 8.87. The van der Waals surface area contributed by atoms with E-state index in [-0.39, 0.29) is 17.2 Å². The van der Waals surface area contributed by atoms with Gasteiger partial charge < -0.3 is 14.7 Å². The molecule has 3 aromatic carbocycles. The zero-order chi connectivity index (χ0) is 19.0. The molecular formula is C22H19NO4. The molecule has 1 unspecified atom stereocenters. The van der Waals surface area contributed by atoms with Gasteiger partial charge in [-0.3, -0.25) is 4.79 Å². The van der Waals surface area contributed by atoms with Gasteiger partial charge in [-0.05, 0) is 36.4 Å². The van der Waals surface area contributed by atoms with Crippen LogP contribution >= 0.6 is 0 Å². The molecule has 27 heavy (non-hydrogen) atoms. The minimum atomic E-state index is -0.950. The van der Waals surface area contributed by atoms with E-state index in [9.17, 15) is 14.7 Å². The molecule has 5 nitrogen and oxygen atoms in total. The van der Waals surface area contributed by atoms with Crippen molar-refractivity contribution in [1.29, 1.82) is 0 Å². The standard InChI is InChI=1S/C22H19NO4/c1-14(21(25)23-13-12-16-7-3-5-9-19(16)23)27-22(26)18-11-10-15-6-2-4-8-17(15)20(18)24/h2-11,14,24H,12-13H2,1H3. The molecule has 0 aliphatic carbocycles. The number of hydrogen-bond donors (Lipinski definition) is 1. The largest absolute Gasteiger partial charge is 0.506 e. The number of fused-ring (bicyclic) bond motifs is 2. The van der Waals surface area contributed by atoms with E-state index in [0.717, 1.165) is 23.1 Å². The van der Waals surface area contributed by atoms with Gasteiger partial charge in [0.2, 0.25) is 0 Å². The lowest BCUT2D eigenvalue weighted by atomic mass is 10.1. The van der Waals surface area contributed by atoms with Gasteiger partial charge in [-0.15, -0.1) is 0 Å². The van der Waals surface area contributed by atoms with E-state index >= 15 is 0 Å². The Labute approximate surface area is 156 Å². The van der Waals surface area contributed by atoms with E-state index in [4.69, 9.17) is 4.74 Å². The quantitative estimate of drug-likeness (QED) is 0.723. The number of benzene rings is 3. The van der Waals surface area contributed by atoms with Crippen molar-refractivity contribution >= 4 is 28.3 Å². The van der Waals surface area contributed by atoms with Crippen LogP contribution in [0, 0.1) is 0 Å². The van der Waals surface area contributed by atoms with Gasteiger partial charge >= 0.3 is 5.97 Å². The fourth-order valence-electron chi connectivity index (χ4n) is 3.48. The zero-order valence-corrected chi connectivity index (χ0v) is 14.9. The highest BCUT2D eigenvalue weighted by Crippen LogP contribution is 2.30. The van der Waals surface area contributed by atoms with Crippen LogP contribution < -0.4 is 4.90 Å². The zero-order valence-electron chi connectivity index (χ0n) is 14.9. The Bertz CT molecular complexity index is 1040. The Hall–Kier alpha value is -3.34. The van der Waals surface area contributed by atoms with Gasteiger partial charge in [-0.25, -0.2) is 4.79 Å². The molecule has 1 heterocycles. The van der Waals surface area contributed by atoms with Crippen molar-refractivity contribution in [2.75, 3.05) is 11.4 Å². The van der Waals surface area contributed by atoms with E-state index in [2.05, 4.69) is 0 Å².